The number of ketones is 1. The average Bonchev–Trinajstić information content (AvgIpc) is 2.64. The summed E-state index contributed by atoms with van der Waals surface area (Å²) in [6.07, 6.45) is -2.31. The third-order valence-corrected chi connectivity index (χ3v) is 2.84. The van der Waals surface area contributed by atoms with Gasteiger partial charge in [-0.1, -0.05) is 12.1 Å². The van der Waals surface area contributed by atoms with E-state index < -0.39 is 24.0 Å². The first-order chi connectivity index (χ1) is 8.99. The first-order valence-corrected chi connectivity index (χ1v) is 5.77. The van der Waals surface area contributed by atoms with Gasteiger partial charge in [0.1, 0.15) is 0 Å². The molecule has 19 heavy (non-hydrogen) atoms. The van der Waals surface area contributed by atoms with Crippen LogP contribution in [0.1, 0.15) is 22.8 Å². The molecule has 0 aliphatic carbocycles. The van der Waals surface area contributed by atoms with Crippen molar-refractivity contribution in [1.82, 2.24) is 0 Å². The van der Waals surface area contributed by atoms with Gasteiger partial charge in [-0.3, -0.25) is 14.5 Å². The van der Waals surface area contributed by atoms with Crippen LogP contribution in [0.5, 0.6) is 0 Å². The second-order valence-corrected chi connectivity index (χ2v) is 4.06. The number of fused-ring (bicyclic) bond motifs is 1. The molecule has 0 aromatic heterocycles. The number of hydrogen-bond donors (Lipinski definition) is 0. The number of halogens is 1. The van der Waals surface area contributed by atoms with Gasteiger partial charge < -0.3 is 4.74 Å². The smallest absolute Gasteiger partial charge is 0.362 e. The molecule has 1 aromatic rings. The maximum absolute atomic E-state index is 14.0. The van der Waals surface area contributed by atoms with Crippen molar-refractivity contribution >= 4 is 23.3 Å². The summed E-state index contributed by atoms with van der Waals surface area (Å²) in [4.78, 5) is 35.5. The molecule has 1 unspecified atom stereocenters. The quantitative estimate of drug-likeness (QED) is 0.470. The number of ether oxygens (including phenoxy) is 1. The first kappa shape index (κ1) is 13.2. The van der Waals surface area contributed by atoms with Crippen LogP contribution in [-0.4, -0.2) is 30.6 Å². The average molecular weight is 265 g/mol. The van der Waals surface area contributed by atoms with E-state index in [0.29, 0.717) is 10.5 Å². The molecule has 1 amide bonds. The number of anilines is 1. The summed E-state index contributed by atoms with van der Waals surface area (Å²) in [5.41, 5.74) is 0.790. The molecule has 5 nitrogen and oxygen atoms in total. The van der Waals surface area contributed by atoms with Crippen molar-refractivity contribution < 1.29 is 23.5 Å². The summed E-state index contributed by atoms with van der Waals surface area (Å²) in [7, 11) is 0. The highest BCUT2D eigenvalue weighted by atomic mass is 19.1. The van der Waals surface area contributed by atoms with Gasteiger partial charge in [0.05, 0.1) is 17.9 Å². The highest BCUT2D eigenvalue weighted by Crippen LogP contribution is 2.34. The number of rotatable bonds is 3. The van der Waals surface area contributed by atoms with Crippen LogP contribution in [0.3, 0.4) is 0 Å². The predicted molar refractivity (Wildman–Crippen MR) is 64.5 cm³/mol. The van der Waals surface area contributed by atoms with E-state index in [2.05, 4.69) is 4.74 Å². The van der Waals surface area contributed by atoms with Crippen molar-refractivity contribution in [2.45, 2.75) is 20.1 Å². The summed E-state index contributed by atoms with van der Waals surface area (Å²) in [5, 5.41) is 0. The Kier molecular flexibility index (Phi) is 3.33. The van der Waals surface area contributed by atoms with Gasteiger partial charge in [0.15, 0.2) is 0 Å². The van der Waals surface area contributed by atoms with E-state index in [1.165, 1.54) is 13.0 Å². The van der Waals surface area contributed by atoms with Gasteiger partial charge >= 0.3 is 11.9 Å². The lowest BCUT2D eigenvalue weighted by molar-refractivity contribution is -0.150. The van der Waals surface area contributed by atoms with Gasteiger partial charge in [0, 0.05) is 0 Å². The molecule has 2 rings (SSSR count). The fraction of sp³-hybridized carbons (Fsp3) is 0.308. The molecule has 1 aliphatic heterocycles. The second-order valence-electron chi connectivity index (χ2n) is 4.06. The zero-order valence-corrected chi connectivity index (χ0v) is 10.5. The molecule has 0 spiro atoms. The lowest BCUT2D eigenvalue weighted by Gasteiger charge is -2.21. The molecule has 0 bridgehead atoms. The number of hydrogen-bond acceptors (Lipinski definition) is 4. The number of alkyl halides is 1. The summed E-state index contributed by atoms with van der Waals surface area (Å²) in [5.74, 6) is -3.05. The maximum atomic E-state index is 14.0. The van der Waals surface area contributed by atoms with Crippen LogP contribution in [0.4, 0.5) is 10.1 Å². The van der Waals surface area contributed by atoms with Crippen LogP contribution in [0.25, 0.3) is 0 Å². The standard InChI is InChI=1S/C13H12FNO4/c1-3-19-13(18)11(14)15-9-7(2)5-4-6-8(9)10(16)12(15)17/h4-6,11H,3H2,1-2H3. The fourth-order valence-electron chi connectivity index (χ4n) is 2.02. The van der Waals surface area contributed by atoms with Crippen LogP contribution < -0.4 is 4.90 Å². The topological polar surface area (TPSA) is 63.7 Å². The molecular formula is C13H12FNO4. The Morgan fingerprint density at radius 3 is 2.74 bits per heavy atom. The van der Waals surface area contributed by atoms with Gasteiger partial charge in [-0.25, -0.2) is 9.18 Å². The van der Waals surface area contributed by atoms with Crippen molar-refractivity contribution in [3.63, 3.8) is 0 Å². The third-order valence-electron chi connectivity index (χ3n) is 2.84. The Bertz CT molecular complexity index is 570. The number of para-hydroxylation sites is 1. The lowest BCUT2D eigenvalue weighted by Crippen LogP contribution is -2.42. The van der Waals surface area contributed by atoms with Crippen LogP contribution in [0, 0.1) is 6.92 Å². The van der Waals surface area contributed by atoms with Gasteiger partial charge in [0.2, 0.25) is 0 Å². The molecule has 1 aliphatic rings. The van der Waals surface area contributed by atoms with E-state index >= 15 is 0 Å². The molecule has 0 saturated heterocycles. The number of carbonyl (C=O) groups excluding carboxylic acids is 3. The molecular weight excluding hydrogens is 253 g/mol. The molecule has 0 radical (unpaired) electrons. The van der Waals surface area contributed by atoms with E-state index in [1.807, 2.05) is 0 Å². The summed E-state index contributed by atoms with van der Waals surface area (Å²) in [6, 6.07) is 4.66. The largest absolute Gasteiger partial charge is 0.462 e. The van der Waals surface area contributed by atoms with E-state index in [0.717, 1.165) is 0 Å². The Hall–Kier alpha value is -2.24. The van der Waals surface area contributed by atoms with E-state index in [1.54, 1.807) is 19.1 Å². The Morgan fingerprint density at radius 1 is 1.42 bits per heavy atom. The molecule has 1 aromatic carbocycles. The number of benzene rings is 1. The molecule has 1 atom stereocenters. The minimum absolute atomic E-state index is 0.00411. The second kappa shape index (κ2) is 4.79. The molecule has 0 N–H and O–H groups in total. The maximum Gasteiger partial charge on any atom is 0.362 e. The zero-order chi connectivity index (χ0) is 14.2. The molecule has 6 heteroatoms. The van der Waals surface area contributed by atoms with Gasteiger partial charge in [-0.05, 0) is 25.5 Å². The van der Waals surface area contributed by atoms with E-state index in [4.69, 9.17) is 0 Å². The number of carbonyl (C=O) groups is 3. The van der Waals surface area contributed by atoms with Gasteiger partial charge in [0.25, 0.3) is 12.1 Å². The van der Waals surface area contributed by atoms with Crippen LogP contribution in [0.15, 0.2) is 18.2 Å². The van der Waals surface area contributed by atoms with Crippen LogP contribution in [0.2, 0.25) is 0 Å². The number of esters is 1. The first-order valence-electron chi connectivity index (χ1n) is 5.77. The van der Waals surface area contributed by atoms with Crippen LogP contribution in [-0.2, 0) is 14.3 Å². The number of aryl methyl sites for hydroxylation is 1. The Balaban J connectivity index is 2.46. The summed E-state index contributed by atoms with van der Waals surface area (Å²) in [6.45, 7) is 3.16. The SMILES string of the molecule is CCOC(=O)C(F)N1C(=O)C(=O)c2cccc(C)c21. The van der Waals surface area contributed by atoms with Crippen molar-refractivity contribution in [3.05, 3.63) is 29.3 Å². The molecule has 100 valence electrons. The molecule has 0 fully saturated rings. The van der Waals surface area contributed by atoms with Gasteiger partial charge in [-0.2, -0.15) is 0 Å². The summed E-state index contributed by atoms with van der Waals surface area (Å²) >= 11 is 0. The number of nitrogens with zero attached hydrogens (tertiary/aromatic N) is 1. The number of amides is 1. The van der Waals surface area contributed by atoms with E-state index in [9.17, 15) is 18.8 Å². The van der Waals surface area contributed by atoms with E-state index in [-0.39, 0.29) is 17.9 Å². The van der Waals surface area contributed by atoms with Crippen molar-refractivity contribution in [2.24, 2.45) is 0 Å². The normalized spacial score (nSPS) is 15.4. The van der Waals surface area contributed by atoms with Crippen LogP contribution >= 0.6 is 0 Å². The van der Waals surface area contributed by atoms with Crippen molar-refractivity contribution in [1.29, 1.82) is 0 Å². The fourth-order valence-corrected chi connectivity index (χ4v) is 2.02. The zero-order valence-electron chi connectivity index (χ0n) is 10.5. The minimum Gasteiger partial charge on any atom is -0.462 e. The third kappa shape index (κ3) is 1.99. The molecule has 0 saturated carbocycles. The minimum atomic E-state index is -2.31. The predicted octanol–water partition coefficient (Wildman–Crippen LogP) is 1.38. The highest BCUT2D eigenvalue weighted by Gasteiger charge is 2.44. The van der Waals surface area contributed by atoms with Gasteiger partial charge in [-0.15, -0.1) is 0 Å². The monoisotopic (exact) mass is 265 g/mol. The Labute approximate surface area is 109 Å². The summed E-state index contributed by atoms with van der Waals surface area (Å²) < 4.78 is 18.6. The molecule has 1 heterocycles. The van der Waals surface area contributed by atoms with Crippen molar-refractivity contribution in [2.75, 3.05) is 11.5 Å². The number of Topliss-reactive ketones (excluding diaryl/α,β-unsaturated/α-hetero) is 1. The van der Waals surface area contributed by atoms with Crippen molar-refractivity contribution in [3.8, 4) is 0 Å². The highest BCUT2D eigenvalue weighted by molar-refractivity contribution is 6.52. The lowest BCUT2D eigenvalue weighted by atomic mass is 10.1. The Morgan fingerprint density at radius 2 is 2.11 bits per heavy atom.